The van der Waals surface area contributed by atoms with Crippen molar-refractivity contribution < 1.29 is 17.6 Å². The molecular formula is C17H18ClFN2O3S. The fourth-order valence-electron chi connectivity index (χ4n) is 2.26. The molecule has 2 rings (SSSR count). The standard InChI is InChI=1S/C17H18ClFN2O3S/c1-2-3-4-11-5-7-12(8-6-11)21-17(22)13-9-16(25(20,23)24)14(18)10-15(13)19/h5-10H,2-4H2,1H3,(H,21,22)(H2,20,23,24). The number of unbranched alkanes of at least 4 members (excludes halogenated alkanes) is 1. The second kappa shape index (κ2) is 7.95. The van der Waals surface area contributed by atoms with Crippen LogP contribution in [0, 0.1) is 5.82 Å². The molecule has 1 amide bonds. The van der Waals surface area contributed by atoms with Gasteiger partial charge in [-0.1, -0.05) is 37.1 Å². The van der Waals surface area contributed by atoms with E-state index in [1.54, 1.807) is 12.1 Å². The van der Waals surface area contributed by atoms with E-state index in [-0.39, 0.29) is 5.02 Å². The normalized spacial score (nSPS) is 11.4. The number of carbonyl (C=O) groups is 1. The van der Waals surface area contributed by atoms with Gasteiger partial charge in [-0.05, 0) is 42.7 Å². The van der Waals surface area contributed by atoms with E-state index in [0.29, 0.717) is 5.69 Å². The maximum atomic E-state index is 14.0. The molecule has 0 aliphatic heterocycles. The van der Waals surface area contributed by atoms with Gasteiger partial charge in [-0.25, -0.2) is 17.9 Å². The van der Waals surface area contributed by atoms with E-state index in [9.17, 15) is 17.6 Å². The Labute approximate surface area is 151 Å². The summed E-state index contributed by atoms with van der Waals surface area (Å²) in [5, 5.41) is 7.16. The van der Waals surface area contributed by atoms with Crippen LogP contribution in [0.5, 0.6) is 0 Å². The van der Waals surface area contributed by atoms with Crippen molar-refractivity contribution in [2.24, 2.45) is 5.14 Å². The van der Waals surface area contributed by atoms with Crippen LogP contribution in [0.4, 0.5) is 10.1 Å². The molecule has 0 bridgehead atoms. The first kappa shape index (κ1) is 19.4. The summed E-state index contributed by atoms with van der Waals surface area (Å²) in [5.74, 6) is -1.73. The number of hydrogen-bond donors (Lipinski definition) is 2. The molecule has 2 aromatic carbocycles. The van der Waals surface area contributed by atoms with Crippen LogP contribution in [0.15, 0.2) is 41.3 Å². The Balaban J connectivity index is 2.23. The third-order valence-corrected chi connectivity index (χ3v) is 4.98. The van der Waals surface area contributed by atoms with Gasteiger partial charge < -0.3 is 5.32 Å². The summed E-state index contributed by atoms with van der Waals surface area (Å²) < 4.78 is 36.9. The molecule has 25 heavy (non-hydrogen) atoms. The minimum atomic E-state index is -4.17. The molecule has 3 N–H and O–H groups in total. The molecule has 134 valence electrons. The van der Waals surface area contributed by atoms with Gasteiger partial charge in [0, 0.05) is 5.69 Å². The molecule has 0 radical (unpaired) electrons. The molecular weight excluding hydrogens is 367 g/mol. The number of sulfonamides is 1. The van der Waals surface area contributed by atoms with Gasteiger partial charge in [0.1, 0.15) is 10.7 Å². The fraction of sp³-hybridized carbons (Fsp3) is 0.235. The maximum absolute atomic E-state index is 14.0. The molecule has 5 nitrogen and oxygen atoms in total. The highest BCUT2D eigenvalue weighted by molar-refractivity contribution is 7.89. The predicted octanol–water partition coefficient (Wildman–Crippen LogP) is 3.72. The van der Waals surface area contributed by atoms with Crippen molar-refractivity contribution in [3.05, 3.63) is 58.4 Å². The largest absolute Gasteiger partial charge is 0.322 e. The number of hydrogen-bond acceptors (Lipinski definition) is 3. The molecule has 0 atom stereocenters. The topological polar surface area (TPSA) is 89.3 Å². The Hall–Kier alpha value is -1.96. The third kappa shape index (κ3) is 5.01. The molecule has 0 saturated heterocycles. The second-order valence-electron chi connectivity index (χ2n) is 5.56. The average Bonchev–Trinajstić information content (AvgIpc) is 2.52. The summed E-state index contributed by atoms with van der Waals surface area (Å²) in [6.07, 6.45) is 3.09. The number of anilines is 1. The first-order valence-corrected chi connectivity index (χ1v) is 9.57. The number of nitrogens with two attached hydrogens (primary N) is 1. The van der Waals surface area contributed by atoms with Crippen LogP contribution in [-0.4, -0.2) is 14.3 Å². The van der Waals surface area contributed by atoms with Crippen molar-refractivity contribution in [2.75, 3.05) is 5.32 Å². The summed E-state index contributed by atoms with van der Waals surface area (Å²) >= 11 is 5.68. The number of carbonyl (C=O) groups excluding carboxylic acids is 1. The summed E-state index contributed by atoms with van der Waals surface area (Å²) in [6.45, 7) is 2.10. The first-order chi connectivity index (χ1) is 11.7. The van der Waals surface area contributed by atoms with E-state index >= 15 is 0 Å². The Bertz CT molecular complexity index is 884. The van der Waals surface area contributed by atoms with Crippen LogP contribution in [0.25, 0.3) is 0 Å². The van der Waals surface area contributed by atoms with Gasteiger partial charge in [0.25, 0.3) is 5.91 Å². The van der Waals surface area contributed by atoms with Crippen LogP contribution in [-0.2, 0) is 16.4 Å². The predicted molar refractivity (Wildman–Crippen MR) is 95.8 cm³/mol. The van der Waals surface area contributed by atoms with E-state index in [2.05, 4.69) is 12.2 Å². The average molecular weight is 385 g/mol. The van der Waals surface area contributed by atoms with Crippen molar-refractivity contribution >= 4 is 33.2 Å². The van der Waals surface area contributed by atoms with Crippen molar-refractivity contribution in [1.29, 1.82) is 0 Å². The number of aryl methyl sites for hydroxylation is 1. The number of rotatable bonds is 6. The Morgan fingerprint density at radius 1 is 1.24 bits per heavy atom. The van der Waals surface area contributed by atoms with Crippen molar-refractivity contribution in [1.82, 2.24) is 0 Å². The van der Waals surface area contributed by atoms with Crippen molar-refractivity contribution in [3.8, 4) is 0 Å². The molecule has 0 aromatic heterocycles. The van der Waals surface area contributed by atoms with Gasteiger partial charge in [-0.15, -0.1) is 0 Å². The van der Waals surface area contributed by atoms with Gasteiger partial charge in [-0.3, -0.25) is 4.79 Å². The molecule has 0 aliphatic carbocycles. The van der Waals surface area contributed by atoms with Crippen LogP contribution in [0.3, 0.4) is 0 Å². The van der Waals surface area contributed by atoms with E-state index in [1.807, 2.05) is 12.1 Å². The third-order valence-electron chi connectivity index (χ3n) is 3.60. The first-order valence-electron chi connectivity index (χ1n) is 7.64. The summed E-state index contributed by atoms with van der Waals surface area (Å²) in [5.41, 5.74) is 1.15. The Kier molecular flexibility index (Phi) is 6.16. The molecule has 0 unspecified atom stereocenters. The zero-order valence-corrected chi connectivity index (χ0v) is 15.1. The molecule has 0 aliphatic rings. The zero-order valence-electron chi connectivity index (χ0n) is 13.6. The van der Waals surface area contributed by atoms with Crippen LogP contribution < -0.4 is 10.5 Å². The minimum Gasteiger partial charge on any atom is -0.322 e. The van der Waals surface area contributed by atoms with Crippen molar-refractivity contribution in [3.63, 3.8) is 0 Å². The monoisotopic (exact) mass is 384 g/mol. The minimum absolute atomic E-state index is 0.378. The molecule has 0 spiro atoms. The molecule has 2 aromatic rings. The summed E-state index contributed by atoms with van der Waals surface area (Å²) in [7, 11) is -4.17. The van der Waals surface area contributed by atoms with Gasteiger partial charge in [-0.2, -0.15) is 0 Å². The summed E-state index contributed by atoms with van der Waals surface area (Å²) in [4.78, 5) is 11.7. The van der Waals surface area contributed by atoms with Crippen LogP contribution in [0.2, 0.25) is 5.02 Å². The number of amides is 1. The number of nitrogens with one attached hydrogen (secondary N) is 1. The number of primary sulfonamides is 1. The zero-order chi connectivity index (χ0) is 18.6. The molecule has 0 heterocycles. The van der Waals surface area contributed by atoms with E-state index in [0.717, 1.165) is 37.0 Å². The smallest absolute Gasteiger partial charge is 0.258 e. The lowest BCUT2D eigenvalue weighted by Gasteiger charge is -2.09. The summed E-state index contributed by atoms with van der Waals surface area (Å²) in [6, 6.07) is 8.75. The maximum Gasteiger partial charge on any atom is 0.258 e. The second-order valence-corrected chi connectivity index (χ2v) is 7.50. The molecule has 0 saturated carbocycles. The molecule has 8 heteroatoms. The molecule has 0 fully saturated rings. The van der Waals surface area contributed by atoms with Crippen LogP contribution in [0.1, 0.15) is 35.7 Å². The van der Waals surface area contributed by atoms with E-state index in [4.69, 9.17) is 16.7 Å². The van der Waals surface area contributed by atoms with E-state index in [1.165, 1.54) is 0 Å². The highest BCUT2D eigenvalue weighted by atomic mass is 35.5. The Morgan fingerprint density at radius 3 is 2.44 bits per heavy atom. The lowest BCUT2D eigenvalue weighted by molar-refractivity contribution is 0.102. The lowest BCUT2D eigenvalue weighted by Crippen LogP contribution is -2.18. The fourth-order valence-corrected chi connectivity index (χ4v) is 3.34. The van der Waals surface area contributed by atoms with Gasteiger partial charge in [0.2, 0.25) is 10.0 Å². The van der Waals surface area contributed by atoms with Gasteiger partial charge in [0.05, 0.1) is 10.6 Å². The van der Waals surface area contributed by atoms with E-state index < -0.39 is 32.2 Å². The quantitative estimate of drug-likeness (QED) is 0.795. The lowest BCUT2D eigenvalue weighted by atomic mass is 10.1. The number of halogens is 2. The Morgan fingerprint density at radius 2 is 1.88 bits per heavy atom. The SMILES string of the molecule is CCCCc1ccc(NC(=O)c2cc(S(N)(=O)=O)c(Cl)cc2F)cc1. The van der Waals surface area contributed by atoms with Gasteiger partial charge >= 0.3 is 0 Å². The van der Waals surface area contributed by atoms with Crippen molar-refractivity contribution in [2.45, 2.75) is 31.1 Å². The van der Waals surface area contributed by atoms with Gasteiger partial charge in [0.15, 0.2) is 0 Å². The van der Waals surface area contributed by atoms with Crippen LogP contribution >= 0.6 is 11.6 Å². The highest BCUT2D eigenvalue weighted by Crippen LogP contribution is 2.25. The highest BCUT2D eigenvalue weighted by Gasteiger charge is 2.20. The number of benzene rings is 2.